The Balaban J connectivity index is 2.19. The number of nitrogens with two attached hydrogens (primary N) is 1. The van der Waals surface area contributed by atoms with Crippen LogP contribution in [0.15, 0.2) is 25.1 Å². The van der Waals surface area contributed by atoms with E-state index in [0.717, 1.165) is 21.9 Å². The SMILES string of the molecule is NC1=N[C@H]2CCCNC(=O)c3cc(Br)c(Br)n3C2=N1. The highest BCUT2D eigenvalue weighted by molar-refractivity contribution is 9.13. The molecule has 1 amide bonds. The number of nitrogens with zero attached hydrogens (tertiary/aromatic N) is 3. The van der Waals surface area contributed by atoms with Gasteiger partial charge in [0.15, 0.2) is 0 Å². The number of guanidine groups is 1. The summed E-state index contributed by atoms with van der Waals surface area (Å²) in [5.41, 5.74) is 6.23. The number of aromatic nitrogens is 1. The third-order valence-corrected chi connectivity index (χ3v) is 5.03. The Kier molecular flexibility index (Phi) is 3.22. The topological polar surface area (TPSA) is 84.8 Å². The smallest absolute Gasteiger partial charge is 0.268 e. The first-order chi connectivity index (χ1) is 9.08. The van der Waals surface area contributed by atoms with E-state index in [1.165, 1.54) is 0 Å². The molecule has 0 fully saturated rings. The molecule has 100 valence electrons. The number of carbonyl (C=O) groups is 1. The zero-order valence-electron chi connectivity index (χ0n) is 9.86. The predicted molar refractivity (Wildman–Crippen MR) is 79.6 cm³/mol. The van der Waals surface area contributed by atoms with Crippen molar-refractivity contribution in [2.75, 3.05) is 6.54 Å². The number of amides is 1. The second kappa shape index (κ2) is 4.75. The lowest BCUT2D eigenvalue weighted by molar-refractivity contribution is 0.0947. The van der Waals surface area contributed by atoms with E-state index in [-0.39, 0.29) is 17.9 Å². The first kappa shape index (κ1) is 12.9. The highest BCUT2D eigenvalue weighted by Gasteiger charge is 2.30. The Morgan fingerprint density at radius 3 is 3.05 bits per heavy atom. The maximum Gasteiger partial charge on any atom is 0.268 e. The summed E-state index contributed by atoms with van der Waals surface area (Å²) in [6.45, 7) is 0.623. The second-order valence-electron chi connectivity index (χ2n) is 4.37. The molecule has 0 bridgehead atoms. The molecule has 6 nitrogen and oxygen atoms in total. The number of hydrogen-bond donors (Lipinski definition) is 2. The number of fused-ring (bicyclic) bond motifs is 3. The summed E-state index contributed by atoms with van der Waals surface area (Å²) in [4.78, 5) is 20.8. The van der Waals surface area contributed by atoms with Gasteiger partial charge in [0.2, 0.25) is 5.96 Å². The fourth-order valence-electron chi connectivity index (χ4n) is 2.27. The van der Waals surface area contributed by atoms with Crippen LogP contribution in [0.5, 0.6) is 0 Å². The van der Waals surface area contributed by atoms with Crippen molar-refractivity contribution in [3.05, 3.63) is 20.8 Å². The molecule has 0 saturated carbocycles. The monoisotopic (exact) mass is 387 g/mol. The normalized spacial score (nSPS) is 22.4. The molecule has 0 spiro atoms. The molecule has 1 aromatic rings. The number of rotatable bonds is 0. The van der Waals surface area contributed by atoms with Crippen LogP contribution in [-0.2, 0) is 0 Å². The minimum atomic E-state index is -0.125. The number of hydrogen-bond acceptors (Lipinski definition) is 4. The Hall–Kier alpha value is -1.15. The average Bonchev–Trinajstić information content (AvgIpc) is 2.86. The number of carbonyl (C=O) groups excluding carboxylic acids is 1. The van der Waals surface area contributed by atoms with Gasteiger partial charge in [-0.2, -0.15) is 4.99 Å². The van der Waals surface area contributed by atoms with E-state index >= 15 is 0 Å². The fraction of sp³-hybridized carbons (Fsp3) is 0.364. The van der Waals surface area contributed by atoms with E-state index in [4.69, 9.17) is 5.73 Å². The maximum atomic E-state index is 12.1. The van der Waals surface area contributed by atoms with Crippen molar-refractivity contribution in [3.8, 4) is 0 Å². The molecule has 3 rings (SSSR count). The summed E-state index contributed by atoms with van der Waals surface area (Å²) in [5.74, 6) is 0.839. The van der Waals surface area contributed by atoms with Crippen LogP contribution in [-0.4, -0.2) is 34.9 Å². The highest BCUT2D eigenvalue weighted by atomic mass is 79.9. The van der Waals surface area contributed by atoms with Crippen LogP contribution in [0.25, 0.3) is 0 Å². The van der Waals surface area contributed by atoms with Gasteiger partial charge >= 0.3 is 0 Å². The van der Waals surface area contributed by atoms with Gasteiger partial charge < -0.3 is 11.1 Å². The van der Waals surface area contributed by atoms with Gasteiger partial charge in [-0.3, -0.25) is 9.36 Å². The number of aliphatic imine (C=N–C) groups is 2. The standard InChI is InChI=1S/C11H11Br2N5O/c12-5-4-7-10(19)15-3-1-2-6-9(17-11(14)16-6)18(7)8(5)13/h4,6H,1-3H2,(H2,14,16)(H,15,19)/t6-/m0/s1. The van der Waals surface area contributed by atoms with Crippen molar-refractivity contribution >= 4 is 49.6 Å². The van der Waals surface area contributed by atoms with Crippen molar-refractivity contribution in [3.63, 3.8) is 0 Å². The minimum absolute atomic E-state index is 0.0953. The first-order valence-corrected chi connectivity index (χ1v) is 7.43. The van der Waals surface area contributed by atoms with Crippen molar-refractivity contribution in [1.82, 2.24) is 9.88 Å². The summed E-state index contributed by atoms with van der Waals surface area (Å²) < 4.78 is 3.30. The van der Waals surface area contributed by atoms with Crippen molar-refractivity contribution in [2.24, 2.45) is 15.7 Å². The van der Waals surface area contributed by atoms with Gasteiger partial charge in [-0.15, -0.1) is 0 Å². The molecular weight excluding hydrogens is 378 g/mol. The Morgan fingerprint density at radius 1 is 1.47 bits per heavy atom. The molecule has 2 aliphatic rings. The maximum absolute atomic E-state index is 12.1. The lowest BCUT2D eigenvalue weighted by Crippen LogP contribution is -2.29. The van der Waals surface area contributed by atoms with E-state index in [1.54, 1.807) is 10.6 Å². The van der Waals surface area contributed by atoms with E-state index in [2.05, 4.69) is 47.2 Å². The summed E-state index contributed by atoms with van der Waals surface area (Å²) in [6.07, 6.45) is 1.65. The Morgan fingerprint density at radius 2 is 2.26 bits per heavy atom. The minimum Gasteiger partial charge on any atom is -0.368 e. The quantitative estimate of drug-likeness (QED) is 0.705. The summed E-state index contributed by atoms with van der Waals surface area (Å²) in [6, 6.07) is 1.67. The van der Waals surface area contributed by atoms with Crippen LogP contribution in [0.1, 0.15) is 23.3 Å². The van der Waals surface area contributed by atoms with Gasteiger partial charge in [0.25, 0.3) is 5.91 Å². The summed E-state index contributed by atoms with van der Waals surface area (Å²) >= 11 is 6.88. The van der Waals surface area contributed by atoms with Gasteiger partial charge in [0, 0.05) is 6.54 Å². The van der Waals surface area contributed by atoms with Crippen LogP contribution in [0.2, 0.25) is 0 Å². The van der Waals surface area contributed by atoms with E-state index in [1.807, 2.05) is 0 Å². The average molecular weight is 389 g/mol. The molecule has 1 atom stereocenters. The number of nitrogens with one attached hydrogen (secondary N) is 1. The van der Waals surface area contributed by atoms with Crippen molar-refractivity contribution in [2.45, 2.75) is 18.9 Å². The summed E-state index contributed by atoms with van der Waals surface area (Å²) in [7, 11) is 0. The Bertz CT molecular complexity index is 619. The fourth-order valence-corrected chi connectivity index (χ4v) is 3.15. The highest BCUT2D eigenvalue weighted by Crippen LogP contribution is 2.30. The molecule has 0 saturated heterocycles. The van der Waals surface area contributed by atoms with Gasteiger partial charge in [0.05, 0.1) is 4.47 Å². The zero-order chi connectivity index (χ0) is 13.6. The van der Waals surface area contributed by atoms with Crippen LogP contribution in [0.3, 0.4) is 0 Å². The summed E-state index contributed by atoms with van der Waals surface area (Å²) in [5, 5.41) is 2.89. The third-order valence-electron chi connectivity index (χ3n) is 3.11. The van der Waals surface area contributed by atoms with Gasteiger partial charge in [-0.25, -0.2) is 4.99 Å². The predicted octanol–water partition coefficient (Wildman–Crippen LogP) is 1.48. The van der Waals surface area contributed by atoms with Crippen LogP contribution < -0.4 is 11.1 Å². The van der Waals surface area contributed by atoms with E-state index < -0.39 is 0 Å². The largest absolute Gasteiger partial charge is 0.368 e. The van der Waals surface area contributed by atoms with Crippen LogP contribution in [0.4, 0.5) is 0 Å². The molecular formula is C11H11Br2N5O. The zero-order valence-corrected chi connectivity index (χ0v) is 13.0. The first-order valence-electron chi connectivity index (χ1n) is 5.85. The third kappa shape index (κ3) is 2.12. The van der Waals surface area contributed by atoms with E-state index in [9.17, 15) is 4.79 Å². The van der Waals surface area contributed by atoms with Gasteiger partial charge in [-0.05, 0) is 50.8 Å². The van der Waals surface area contributed by atoms with Gasteiger partial charge in [-0.1, -0.05) is 0 Å². The molecule has 19 heavy (non-hydrogen) atoms. The number of halogens is 2. The van der Waals surface area contributed by atoms with Crippen LogP contribution in [0, 0.1) is 0 Å². The lowest BCUT2D eigenvalue weighted by Gasteiger charge is -2.13. The molecule has 2 aliphatic heterocycles. The van der Waals surface area contributed by atoms with Gasteiger partial charge in [0.1, 0.15) is 22.2 Å². The lowest BCUT2D eigenvalue weighted by atomic mass is 10.1. The molecule has 0 unspecified atom stereocenters. The van der Waals surface area contributed by atoms with E-state index in [0.29, 0.717) is 18.1 Å². The molecule has 0 aliphatic carbocycles. The van der Waals surface area contributed by atoms with Crippen molar-refractivity contribution in [1.29, 1.82) is 0 Å². The molecule has 3 N–H and O–H groups in total. The molecule has 0 aromatic carbocycles. The molecule has 1 aromatic heterocycles. The second-order valence-corrected chi connectivity index (χ2v) is 5.98. The van der Waals surface area contributed by atoms with Crippen molar-refractivity contribution < 1.29 is 4.79 Å². The molecule has 3 heterocycles. The molecule has 8 heteroatoms. The Labute approximate surface area is 126 Å². The van der Waals surface area contributed by atoms with Crippen LogP contribution >= 0.6 is 31.9 Å². The molecule has 0 radical (unpaired) electrons.